The average molecular weight is 267 g/mol. The molecule has 0 aromatic rings. The van der Waals surface area contributed by atoms with Gasteiger partial charge in [-0.05, 0) is 12.8 Å². The molecule has 0 radical (unpaired) electrons. The van der Waals surface area contributed by atoms with Gasteiger partial charge < -0.3 is 14.4 Å². The second-order valence-corrected chi connectivity index (χ2v) is 7.48. The maximum absolute atomic E-state index is 11.5. The zero-order valence-corrected chi connectivity index (χ0v) is 11.9. The fourth-order valence-corrected chi connectivity index (χ4v) is 3.36. The second kappa shape index (κ2) is 4.55. The van der Waals surface area contributed by atoms with E-state index >= 15 is 0 Å². The van der Waals surface area contributed by atoms with E-state index in [0.717, 1.165) is 0 Å². The first-order valence-electron chi connectivity index (χ1n) is 5.25. The van der Waals surface area contributed by atoms with Crippen LogP contribution in [-0.4, -0.2) is 55.4 Å². The fourth-order valence-electron chi connectivity index (χ4n) is 2.07. The van der Waals surface area contributed by atoms with Crippen LogP contribution in [0.3, 0.4) is 0 Å². The van der Waals surface area contributed by atoms with Crippen LogP contribution >= 0.6 is 0 Å². The minimum absolute atomic E-state index is 0.156. The summed E-state index contributed by atoms with van der Waals surface area (Å²) < 4.78 is 30.5. The lowest BCUT2D eigenvalue weighted by Gasteiger charge is -2.45. The lowest BCUT2D eigenvalue weighted by molar-refractivity contribution is -0.892. The number of rotatable bonds is 5. The van der Waals surface area contributed by atoms with E-state index < -0.39 is 32.8 Å². The Kier molecular flexibility index (Phi) is 4.37. The predicted molar refractivity (Wildman–Crippen MR) is 61.6 cm³/mol. The van der Waals surface area contributed by atoms with Crippen molar-refractivity contribution in [3.63, 3.8) is 0 Å². The van der Waals surface area contributed by atoms with E-state index in [1.807, 2.05) is 0 Å². The Hall–Kier alpha value is -0.660. The highest BCUT2D eigenvalue weighted by atomic mass is 32.2. The average Bonchev–Trinajstić information content (AvgIpc) is 1.97. The van der Waals surface area contributed by atoms with Gasteiger partial charge in [-0.2, -0.15) is 8.42 Å². The number of hydrogen-bond acceptors (Lipinski definition) is 4. The molecule has 2 unspecified atom stereocenters. The van der Waals surface area contributed by atoms with Crippen LogP contribution in [-0.2, 0) is 14.9 Å². The van der Waals surface area contributed by atoms with Crippen LogP contribution in [0, 0.1) is 5.92 Å². The lowest BCUT2D eigenvalue weighted by atomic mass is 9.87. The van der Waals surface area contributed by atoms with E-state index in [9.17, 15) is 22.9 Å². The van der Waals surface area contributed by atoms with Crippen LogP contribution in [0.5, 0.6) is 0 Å². The third-order valence-corrected chi connectivity index (χ3v) is 5.05. The van der Waals surface area contributed by atoms with Gasteiger partial charge in [0.05, 0.1) is 21.1 Å². The summed E-state index contributed by atoms with van der Waals surface area (Å²) in [5.41, 5.74) is 0. The van der Waals surface area contributed by atoms with Gasteiger partial charge in [0.15, 0.2) is 10.8 Å². The molecule has 0 rings (SSSR count). The summed E-state index contributed by atoms with van der Waals surface area (Å²) in [6, 6.07) is -1.36. The molecule has 0 aliphatic heterocycles. The van der Waals surface area contributed by atoms with Gasteiger partial charge in [0.1, 0.15) is 5.97 Å². The van der Waals surface area contributed by atoms with E-state index in [0.29, 0.717) is 0 Å². The van der Waals surface area contributed by atoms with Gasteiger partial charge >= 0.3 is 0 Å². The Morgan fingerprint density at radius 2 is 1.65 bits per heavy atom. The Morgan fingerprint density at radius 3 is 1.71 bits per heavy atom. The number of carboxylic acids is 1. The molecule has 0 spiro atoms. The van der Waals surface area contributed by atoms with Gasteiger partial charge in [0.25, 0.3) is 10.1 Å². The Morgan fingerprint density at radius 1 is 1.29 bits per heavy atom. The third-order valence-electron chi connectivity index (χ3n) is 3.24. The van der Waals surface area contributed by atoms with Crippen LogP contribution in [0.2, 0.25) is 0 Å². The molecule has 0 heterocycles. The summed E-state index contributed by atoms with van der Waals surface area (Å²) in [5, 5.41) is 11.2. The maximum Gasteiger partial charge on any atom is 0.276 e. The predicted octanol–water partition coefficient (Wildman–Crippen LogP) is -0.886. The minimum atomic E-state index is -4.53. The highest BCUT2D eigenvalue weighted by molar-refractivity contribution is 7.87. The molecule has 0 amide bonds. The maximum atomic E-state index is 11.5. The van der Waals surface area contributed by atoms with Crippen molar-refractivity contribution in [1.82, 2.24) is 0 Å². The zero-order chi connectivity index (χ0) is 14.2. The molecule has 102 valence electrons. The van der Waals surface area contributed by atoms with Crippen molar-refractivity contribution in [2.24, 2.45) is 5.92 Å². The van der Waals surface area contributed by atoms with E-state index in [1.54, 1.807) is 35.0 Å². The molecule has 7 heteroatoms. The number of hydrogen-bond donors (Lipinski definition) is 1. The van der Waals surface area contributed by atoms with E-state index in [4.69, 9.17) is 0 Å². The molecule has 0 fully saturated rings. The monoisotopic (exact) mass is 267 g/mol. The standard InChI is InChI=1S/C10H21NO5S/c1-7(2)10(3,17(14,15)16)8(9(12)13)11(4,5)6/h7-8H,1-6H3,(H-,12,13,14,15,16). The van der Waals surface area contributed by atoms with Crippen LogP contribution < -0.4 is 5.11 Å². The number of carbonyl (C=O) groups is 1. The van der Waals surface area contributed by atoms with E-state index in [1.165, 1.54) is 6.92 Å². The van der Waals surface area contributed by atoms with Crippen molar-refractivity contribution >= 4 is 16.1 Å². The molecule has 0 aliphatic carbocycles. The highest BCUT2D eigenvalue weighted by Gasteiger charge is 2.55. The Bertz CT molecular complexity index is 395. The van der Waals surface area contributed by atoms with Gasteiger partial charge in [-0.15, -0.1) is 0 Å². The fraction of sp³-hybridized carbons (Fsp3) is 0.900. The van der Waals surface area contributed by atoms with Crippen molar-refractivity contribution in [3.8, 4) is 0 Å². The van der Waals surface area contributed by atoms with Gasteiger partial charge in [0.2, 0.25) is 0 Å². The zero-order valence-electron chi connectivity index (χ0n) is 11.1. The molecule has 1 N–H and O–H groups in total. The van der Waals surface area contributed by atoms with Crippen molar-refractivity contribution in [3.05, 3.63) is 0 Å². The van der Waals surface area contributed by atoms with E-state index in [2.05, 4.69) is 0 Å². The normalized spacial score (nSPS) is 18.8. The molecule has 2 atom stereocenters. The molecule has 0 aromatic carbocycles. The molecule has 0 aromatic heterocycles. The number of likely N-dealkylation sites (N-methyl/N-ethyl adjacent to an activating group) is 1. The van der Waals surface area contributed by atoms with Crippen LogP contribution in [0.4, 0.5) is 0 Å². The highest BCUT2D eigenvalue weighted by Crippen LogP contribution is 2.33. The molecule has 0 bridgehead atoms. The number of nitrogens with zero attached hydrogens (tertiary/aromatic N) is 1. The molecule has 6 nitrogen and oxygen atoms in total. The number of quaternary nitrogens is 1. The first-order valence-corrected chi connectivity index (χ1v) is 6.69. The smallest absolute Gasteiger partial charge is 0.276 e. The van der Waals surface area contributed by atoms with Gasteiger partial charge in [-0.1, -0.05) is 13.8 Å². The summed E-state index contributed by atoms with van der Waals surface area (Å²) in [6.45, 7) is 4.34. The molecular formula is C10H21NO5S. The lowest BCUT2D eigenvalue weighted by Crippen LogP contribution is -2.68. The molecule has 0 saturated carbocycles. The topological polar surface area (TPSA) is 94.5 Å². The summed E-state index contributed by atoms with van der Waals surface area (Å²) in [5.74, 6) is -2.07. The Balaban J connectivity index is 6.02. The molecule has 0 aliphatic rings. The first kappa shape index (κ1) is 16.3. The minimum Gasteiger partial charge on any atom is -0.544 e. The van der Waals surface area contributed by atoms with Crippen molar-refractivity contribution in [1.29, 1.82) is 0 Å². The largest absolute Gasteiger partial charge is 0.544 e. The number of carboxylic acid groups (broad SMARTS) is 1. The quantitative estimate of drug-likeness (QED) is 0.515. The number of aliphatic carboxylic acids is 1. The van der Waals surface area contributed by atoms with Crippen molar-refractivity contribution < 1.29 is 27.4 Å². The van der Waals surface area contributed by atoms with E-state index in [-0.39, 0.29) is 4.48 Å². The van der Waals surface area contributed by atoms with Crippen LogP contribution in [0.1, 0.15) is 20.8 Å². The van der Waals surface area contributed by atoms with Gasteiger partial charge in [-0.25, -0.2) is 0 Å². The SMILES string of the molecule is CC(C)C(C)(C(C(=O)[O-])[N+](C)(C)C)S(=O)(=O)O. The summed E-state index contributed by atoms with van der Waals surface area (Å²) >= 11 is 0. The number of carbonyl (C=O) groups excluding carboxylic acids is 1. The van der Waals surface area contributed by atoms with Crippen molar-refractivity contribution in [2.75, 3.05) is 21.1 Å². The van der Waals surface area contributed by atoms with Crippen LogP contribution in [0.25, 0.3) is 0 Å². The summed E-state index contributed by atoms with van der Waals surface area (Å²) in [4.78, 5) is 11.2. The summed E-state index contributed by atoms with van der Waals surface area (Å²) in [7, 11) is 0.116. The molecular weight excluding hydrogens is 246 g/mol. The van der Waals surface area contributed by atoms with Gasteiger partial charge in [0, 0.05) is 0 Å². The molecule has 17 heavy (non-hydrogen) atoms. The van der Waals surface area contributed by atoms with Crippen LogP contribution in [0.15, 0.2) is 0 Å². The molecule has 0 saturated heterocycles. The second-order valence-electron chi connectivity index (χ2n) is 5.65. The third kappa shape index (κ3) is 2.97. The van der Waals surface area contributed by atoms with Crippen molar-refractivity contribution in [2.45, 2.75) is 31.6 Å². The first-order chi connectivity index (χ1) is 7.26. The van der Waals surface area contributed by atoms with Gasteiger partial charge in [-0.3, -0.25) is 4.55 Å². The summed E-state index contributed by atoms with van der Waals surface area (Å²) in [6.07, 6.45) is 0. The Labute approximate surface area is 103 Å².